The average molecular weight is 241 g/mol. The maximum atomic E-state index is 11.4. The van der Waals surface area contributed by atoms with Gasteiger partial charge in [0.05, 0.1) is 6.42 Å². The molecule has 2 N–H and O–H groups in total. The Hall–Kier alpha value is -1.06. The molecule has 17 heavy (non-hydrogen) atoms. The van der Waals surface area contributed by atoms with Gasteiger partial charge in [-0.1, -0.05) is 26.7 Å². The summed E-state index contributed by atoms with van der Waals surface area (Å²) in [6, 6.07) is 0. The van der Waals surface area contributed by atoms with Crippen molar-refractivity contribution in [1.29, 1.82) is 0 Å². The molecule has 4 heteroatoms. The van der Waals surface area contributed by atoms with Gasteiger partial charge in [-0.25, -0.2) is 0 Å². The van der Waals surface area contributed by atoms with Crippen LogP contribution >= 0.6 is 0 Å². The zero-order chi connectivity index (χ0) is 12.9. The second-order valence-electron chi connectivity index (χ2n) is 5.64. The van der Waals surface area contributed by atoms with Gasteiger partial charge >= 0.3 is 5.97 Å². The summed E-state index contributed by atoms with van der Waals surface area (Å²) >= 11 is 0. The van der Waals surface area contributed by atoms with E-state index in [1.54, 1.807) is 0 Å². The number of carboxylic acids is 1. The van der Waals surface area contributed by atoms with Gasteiger partial charge in [-0.2, -0.15) is 0 Å². The minimum Gasteiger partial charge on any atom is -0.481 e. The second-order valence-corrected chi connectivity index (χ2v) is 5.64. The third-order valence-corrected chi connectivity index (χ3v) is 3.77. The van der Waals surface area contributed by atoms with Crippen molar-refractivity contribution < 1.29 is 14.7 Å². The van der Waals surface area contributed by atoms with Crippen LogP contribution in [0.5, 0.6) is 0 Å². The molecular formula is C13H23NO3. The highest BCUT2D eigenvalue weighted by molar-refractivity contribution is 5.80. The predicted octanol–water partition coefficient (Wildman–Crippen LogP) is 2.18. The lowest BCUT2D eigenvalue weighted by Gasteiger charge is -2.31. The Morgan fingerprint density at radius 1 is 1.24 bits per heavy atom. The number of carbonyl (C=O) groups excluding carboxylic acids is 1. The average Bonchev–Trinajstić information content (AvgIpc) is 2.77. The molecule has 0 bridgehead atoms. The number of carboxylic acid groups (broad SMARTS) is 1. The molecule has 1 aliphatic rings. The van der Waals surface area contributed by atoms with Gasteiger partial charge in [0.1, 0.15) is 0 Å². The second kappa shape index (κ2) is 6.03. The van der Waals surface area contributed by atoms with Crippen LogP contribution in [0.1, 0.15) is 52.4 Å². The lowest BCUT2D eigenvalue weighted by atomic mass is 9.77. The molecule has 1 fully saturated rings. The lowest BCUT2D eigenvalue weighted by molar-refractivity contribution is -0.138. The SMILES string of the molecule is CC(C)(CNC(=O)CCC(=O)O)C1CCCC1. The third-order valence-electron chi connectivity index (χ3n) is 3.77. The molecule has 0 saturated heterocycles. The zero-order valence-corrected chi connectivity index (χ0v) is 10.8. The van der Waals surface area contributed by atoms with Gasteiger partial charge in [-0.05, 0) is 24.2 Å². The number of nitrogens with one attached hydrogen (secondary N) is 1. The number of aliphatic carboxylic acids is 1. The fourth-order valence-corrected chi connectivity index (χ4v) is 2.49. The van der Waals surface area contributed by atoms with Gasteiger partial charge in [-0.3, -0.25) is 9.59 Å². The minimum absolute atomic E-state index is 0.0794. The molecule has 0 heterocycles. The van der Waals surface area contributed by atoms with E-state index in [1.165, 1.54) is 25.7 Å². The maximum Gasteiger partial charge on any atom is 0.303 e. The summed E-state index contributed by atoms with van der Waals surface area (Å²) in [4.78, 5) is 21.8. The summed E-state index contributed by atoms with van der Waals surface area (Å²) in [5.74, 6) is -0.393. The molecule has 0 aromatic heterocycles. The molecule has 1 aliphatic carbocycles. The molecule has 98 valence electrons. The van der Waals surface area contributed by atoms with E-state index >= 15 is 0 Å². The molecule has 0 unspecified atom stereocenters. The Balaban J connectivity index is 2.28. The van der Waals surface area contributed by atoms with Crippen LogP contribution in [0.25, 0.3) is 0 Å². The Bertz CT molecular complexity index is 280. The van der Waals surface area contributed by atoms with Crippen LogP contribution in [0, 0.1) is 11.3 Å². The Labute approximate surface area is 103 Å². The Morgan fingerprint density at radius 2 is 1.82 bits per heavy atom. The quantitative estimate of drug-likeness (QED) is 0.749. The molecule has 0 radical (unpaired) electrons. The van der Waals surface area contributed by atoms with E-state index in [9.17, 15) is 9.59 Å². The van der Waals surface area contributed by atoms with E-state index in [4.69, 9.17) is 5.11 Å². The van der Waals surface area contributed by atoms with Crippen molar-refractivity contribution in [3.63, 3.8) is 0 Å². The number of rotatable bonds is 6. The molecule has 0 spiro atoms. The van der Waals surface area contributed by atoms with E-state index in [2.05, 4.69) is 19.2 Å². The predicted molar refractivity (Wildman–Crippen MR) is 65.6 cm³/mol. The summed E-state index contributed by atoms with van der Waals surface area (Å²) in [6.45, 7) is 5.01. The molecular weight excluding hydrogens is 218 g/mol. The van der Waals surface area contributed by atoms with Crippen LogP contribution in [0.3, 0.4) is 0 Å². The van der Waals surface area contributed by atoms with E-state index in [0.717, 1.165) is 0 Å². The van der Waals surface area contributed by atoms with E-state index < -0.39 is 5.97 Å². The first-order chi connectivity index (χ1) is 7.92. The van der Waals surface area contributed by atoms with Crippen LogP contribution < -0.4 is 5.32 Å². The van der Waals surface area contributed by atoms with Crippen LogP contribution in [0.4, 0.5) is 0 Å². The van der Waals surface area contributed by atoms with Crippen LogP contribution in [-0.4, -0.2) is 23.5 Å². The molecule has 1 saturated carbocycles. The number of carbonyl (C=O) groups is 2. The van der Waals surface area contributed by atoms with Gasteiger partial charge in [0.15, 0.2) is 0 Å². The number of amides is 1. The maximum absolute atomic E-state index is 11.4. The van der Waals surface area contributed by atoms with Gasteiger partial charge in [-0.15, -0.1) is 0 Å². The van der Waals surface area contributed by atoms with Crippen molar-refractivity contribution in [2.24, 2.45) is 11.3 Å². The summed E-state index contributed by atoms with van der Waals surface area (Å²) < 4.78 is 0. The monoisotopic (exact) mass is 241 g/mol. The van der Waals surface area contributed by atoms with Crippen molar-refractivity contribution in [3.8, 4) is 0 Å². The van der Waals surface area contributed by atoms with E-state index in [-0.39, 0.29) is 24.2 Å². The van der Waals surface area contributed by atoms with Crippen LogP contribution in [0.2, 0.25) is 0 Å². The number of hydrogen-bond donors (Lipinski definition) is 2. The fraction of sp³-hybridized carbons (Fsp3) is 0.846. The molecule has 0 aliphatic heterocycles. The highest BCUT2D eigenvalue weighted by Gasteiger charge is 2.31. The molecule has 0 aromatic carbocycles. The first-order valence-corrected chi connectivity index (χ1v) is 6.40. The highest BCUT2D eigenvalue weighted by atomic mass is 16.4. The van der Waals surface area contributed by atoms with Gasteiger partial charge in [0.25, 0.3) is 0 Å². The smallest absolute Gasteiger partial charge is 0.303 e. The van der Waals surface area contributed by atoms with E-state index in [1.807, 2.05) is 0 Å². The van der Waals surface area contributed by atoms with Crippen molar-refractivity contribution in [2.45, 2.75) is 52.4 Å². The normalized spacial score (nSPS) is 17.1. The topological polar surface area (TPSA) is 66.4 Å². The molecule has 0 aromatic rings. The van der Waals surface area contributed by atoms with Crippen molar-refractivity contribution in [3.05, 3.63) is 0 Å². The van der Waals surface area contributed by atoms with Gasteiger partial charge < -0.3 is 10.4 Å². The fourth-order valence-electron chi connectivity index (χ4n) is 2.49. The summed E-state index contributed by atoms with van der Waals surface area (Å²) in [5.41, 5.74) is 0.120. The molecule has 0 atom stereocenters. The molecule has 1 amide bonds. The van der Waals surface area contributed by atoms with Gasteiger partial charge in [0.2, 0.25) is 5.91 Å². The highest BCUT2D eigenvalue weighted by Crippen LogP contribution is 2.38. The first-order valence-electron chi connectivity index (χ1n) is 6.40. The third kappa shape index (κ3) is 4.75. The molecule has 4 nitrogen and oxygen atoms in total. The first kappa shape index (κ1) is 14.0. The molecule has 1 rings (SSSR count). The van der Waals surface area contributed by atoms with Crippen LogP contribution in [-0.2, 0) is 9.59 Å². The summed E-state index contributed by atoms with van der Waals surface area (Å²) in [7, 11) is 0. The minimum atomic E-state index is -0.921. The number of hydrogen-bond acceptors (Lipinski definition) is 2. The lowest BCUT2D eigenvalue weighted by Crippen LogP contribution is -2.37. The van der Waals surface area contributed by atoms with Crippen LogP contribution in [0.15, 0.2) is 0 Å². The zero-order valence-electron chi connectivity index (χ0n) is 10.8. The standard InChI is InChI=1S/C13H23NO3/c1-13(2,10-5-3-4-6-10)9-14-11(15)7-8-12(16)17/h10H,3-9H2,1-2H3,(H,14,15)(H,16,17). The summed E-state index contributed by atoms with van der Waals surface area (Å²) in [6.07, 6.45) is 5.07. The van der Waals surface area contributed by atoms with E-state index in [0.29, 0.717) is 12.5 Å². The Morgan fingerprint density at radius 3 is 2.35 bits per heavy atom. The largest absolute Gasteiger partial charge is 0.481 e. The van der Waals surface area contributed by atoms with Crippen molar-refractivity contribution >= 4 is 11.9 Å². The Kier molecular flexibility index (Phi) is 4.97. The van der Waals surface area contributed by atoms with Crippen molar-refractivity contribution in [2.75, 3.05) is 6.54 Å². The van der Waals surface area contributed by atoms with Crippen molar-refractivity contribution in [1.82, 2.24) is 5.32 Å². The van der Waals surface area contributed by atoms with Gasteiger partial charge in [0, 0.05) is 13.0 Å². The summed E-state index contributed by atoms with van der Waals surface area (Å²) in [5, 5.41) is 11.3.